The van der Waals surface area contributed by atoms with Crippen molar-refractivity contribution in [2.45, 2.75) is 38.1 Å². The van der Waals surface area contributed by atoms with E-state index in [2.05, 4.69) is 5.32 Å². The number of hydrogen-bond acceptors (Lipinski definition) is 2. The minimum Gasteiger partial charge on any atom is -0.391 e. The van der Waals surface area contributed by atoms with Crippen molar-refractivity contribution in [2.75, 3.05) is 0 Å². The quantitative estimate of drug-likeness (QED) is 0.843. The Morgan fingerprint density at radius 2 is 2.05 bits per heavy atom. The lowest BCUT2D eigenvalue weighted by molar-refractivity contribution is 0.0924. The van der Waals surface area contributed by atoms with E-state index >= 15 is 0 Å². The summed E-state index contributed by atoms with van der Waals surface area (Å²) in [6, 6.07) is 5.28. The van der Waals surface area contributed by atoms with Gasteiger partial charge in [0.1, 0.15) is 0 Å². The molecule has 1 aromatic carbocycles. The second-order valence-corrected chi connectivity index (χ2v) is 5.94. The van der Waals surface area contributed by atoms with Gasteiger partial charge in [0.25, 0.3) is 5.91 Å². The molecule has 0 heterocycles. The lowest BCUT2D eigenvalue weighted by Crippen LogP contribution is -2.54. The summed E-state index contributed by atoms with van der Waals surface area (Å²) in [5.74, 6) is -0.158. The molecule has 102 valence electrons. The van der Waals surface area contributed by atoms with Gasteiger partial charge in [0, 0.05) is 10.6 Å². The largest absolute Gasteiger partial charge is 0.391 e. The molecule has 3 nitrogen and oxygen atoms in total. The summed E-state index contributed by atoms with van der Waals surface area (Å²) in [6.07, 6.45) is 3.69. The Hall–Kier alpha value is -1.13. The van der Waals surface area contributed by atoms with Crippen molar-refractivity contribution in [2.24, 2.45) is 5.73 Å². The average molecular weight is 297 g/mol. The molecule has 0 atom stereocenters. The molecule has 1 fully saturated rings. The van der Waals surface area contributed by atoms with E-state index in [-0.39, 0.29) is 5.91 Å². The average Bonchev–Trinajstić information content (AvgIpc) is 2.82. The summed E-state index contributed by atoms with van der Waals surface area (Å²) in [4.78, 5) is 12.8. The third kappa shape index (κ3) is 2.90. The van der Waals surface area contributed by atoms with Crippen molar-refractivity contribution in [3.63, 3.8) is 0 Å². The van der Waals surface area contributed by atoms with Crippen LogP contribution < -0.4 is 11.1 Å². The molecule has 1 aliphatic carbocycles. The number of carbonyl (C=O) groups is 1. The van der Waals surface area contributed by atoms with Gasteiger partial charge in [-0.25, -0.2) is 0 Å². The number of halogens is 1. The number of amides is 1. The topological polar surface area (TPSA) is 55.1 Å². The maximum absolute atomic E-state index is 12.4. The number of nitrogens with two attached hydrogens (primary N) is 1. The van der Waals surface area contributed by atoms with Gasteiger partial charge in [-0.2, -0.15) is 0 Å². The predicted octanol–water partition coefficient (Wildman–Crippen LogP) is 2.98. The van der Waals surface area contributed by atoms with E-state index in [0.717, 1.165) is 31.2 Å². The Kier molecular flexibility index (Phi) is 4.11. The lowest BCUT2D eigenvalue weighted by Gasteiger charge is -2.29. The summed E-state index contributed by atoms with van der Waals surface area (Å²) >= 11 is 11.1. The van der Waals surface area contributed by atoms with Gasteiger partial charge in [0.15, 0.2) is 0 Å². The normalized spacial score (nSPS) is 17.2. The zero-order chi connectivity index (χ0) is 14.0. The maximum Gasteiger partial charge on any atom is 0.252 e. The Labute approximate surface area is 123 Å². The number of benzene rings is 1. The van der Waals surface area contributed by atoms with Gasteiger partial charge in [-0.3, -0.25) is 4.79 Å². The molecule has 0 bridgehead atoms. The first-order valence-electron chi connectivity index (χ1n) is 6.33. The van der Waals surface area contributed by atoms with Crippen molar-refractivity contribution in [3.05, 3.63) is 34.3 Å². The van der Waals surface area contributed by atoms with E-state index in [9.17, 15) is 4.79 Å². The lowest BCUT2D eigenvalue weighted by atomic mass is 9.96. The summed E-state index contributed by atoms with van der Waals surface area (Å²) in [6.45, 7) is 1.88. The van der Waals surface area contributed by atoms with Gasteiger partial charge in [-0.1, -0.05) is 42.7 Å². The monoisotopic (exact) mass is 296 g/mol. The van der Waals surface area contributed by atoms with Crippen LogP contribution in [0.3, 0.4) is 0 Å². The molecular formula is C14H17ClN2OS. The molecule has 1 saturated carbocycles. The van der Waals surface area contributed by atoms with Crippen molar-refractivity contribution in [1.29, 1.82) is 0 Å². The van der Waals surface area contributed by atoms with Gasteiger partial charge >= 0.3 is 0 Å². The minimum absolute atomic E-state index is 0.158. The van der Waals surface area contributed by atoms with Gasteiger partial charge < -0.3 is 11.1 Å². The van der Waals surface area contributed by atoms with E-state index in [0.29, 0.717) is 15.6 Å². The molecule has 5 heteroatoms. The van der Waals surface area contributed by atoms with Crippen LogP contribution in [0.25, 0.3) is 0 Å². The van der Waals surface area contributed by atoms with Gasteiger partial charge in [-0.15, -0.1) is 0 Å². The van der Waals surface area contributed by atoms with E-state index in [1.807, 2.05) is 13.0 Å². The second kappa shape index (κ2) is 5.47. The standard InChI is InChI=1S/C14H17ClN2OS/c1-9-4-5-10(15)8-11(9)12(18)17-14(13(16)19)6-2-3-7-14/h4-5,8H,2-3,6-7H2,1H3,(H2,16,19)(H,17,18). The smallest absolute Gasteiger partial charge is 0.252 e. The molecule has 1 amide bonds. The van der Waals surface area contributed by atoms with Crippen molar-refractivity contribution in [3.8, 4) is 0 Å². The second-order valence-electron chi connectivity index (χ2n) is 5.07. The number of aryl methyl sites for hydroxylation is 1. The van der Waals surface area contributed by atoms with Crippen molar-refractivity contribution in [1.82, 2.24) is 5.32 Å². The van der Waals surface area contributed by atoms with Crippen LogP contribution in [0, 0.1) is 6.92 Å². The Balaban J connectivity index is 2.25. The first-order chi connectivity index (χ1) is 8.94. The van der Waals surface area contributed by atoms with Crippen LogP contribution in [0.1, 0.15) is 41.6 Å². The maximum atomic E-state index is 12.4. The predicted molar refractivity (Wildman–Crippen MR) is 81.6 cm³/mol. The highest BCUT2D eigenvalue weighted by atomic mass is 35.5. The highest BCUT2D eigenvalue weighted by molar-refractivity contribution is 7.80. The third-order valence-electron chi connectivity index (χ3n) is 3.73. The fraction of sp³-hybridized carbons (Fsp3) is 0.429. The molecule has 0 aromatic heterocycles. The van der Waals surface area contributed by atoms with Crippen molar-refractivity contribution < 1.29 is 4.79 Å². The van der Waals surface area contributed by atoms with Crippen LogP contribution >= 0.6 is 23.8 Å². The van der Waals surface area contributed by atoms with Crippen LogP contribution in [0.5, 0.6) is 0 Å². The van der Waals surface area contributed by atoms with Crippen molar-refractivity contribution >= 4 is 34.7 Å². The number of thiocarbonyl (C=S) groups is 1. The first-order valence-corrected chi connectivity index (χ1v) is 7.12. The SMILES string of the molecule is Cc1ccc(Cl)cc1C(=O)NC1(C(N)=S)CCCC1. The van der Waals surface area contributed by atoms with E-state index in [1.165, 1.54) is 0 Å². The molecule has 3 N–H and O–H groups in total. The Morgan fingerprint density at radius 1 is 1.42 bits per heavy atom. The summed E-state index contributed by atoms with van der Waals surface area (Å²) in [5.41, 5.74) is 6.76. The molecule has 1 aromatic rings. The number of carbonyl (C=O) groups excluding carboxylic acids is 1. The molecule has 0 saturated heterocycles. The first kappa shape index (κ1) is 14.3. The van der Waals surface area contributed by atoms with E-state index in [1.54, 1.807) is 12.1 Å². The molecule has 0 spiro atoms. The van der Waals surface area contributed by atoms with Gasteiger partial charge in [-0.05, 0) is 37.5 Å². The van der Waals surface area contributed by atoms with Crippen LogP contribution in [0.4, 0.5) is 0 Å². The fourth-order valence-electron chi connectivity index (χ4n) is 2.54. The Morgan fingerprint density at radius 3 is 2.63 bits per heavy atom. The highest BCUT2D eigenvalue weighted by Crippen LogP contribution is 2.30. The number of rotatable bonds is 3. The fourth-order valence-corrected chi connectivity index (χ4v) is 2.96. The molecule has 19 heavy (non-hydrogen) atoms. The molecular weight excluding hydrogens is 280 g/mol. The van der Waals surface area contributed by atoms with Crippen LogP contribution in [-0.4, -0.2) is 16.4 Å². The molecule has 1 aliphatic rings. The van der Waals surface area contributed by atoms with E-state index in [4.69, 9.17) is 29.6 Å². The zero-order valence-electron chi connectivity index (χ0n) is 10.8. The van der Waals surface area contributed by atoms with E-state index < -0.39 is 5.54 Å². The van der Waals surface area contributed by atoms with Crippen LogP contribution in [-0.2, 0) is 0 Å². The summed E-state index contributed by atoms with van der Waals surface area (Å²) < 4.78 is 0. The molecule has 0 aliphatic heterocycles. The number of nitrogens with one attached hydrogen (secondary N) is 1. The highest BCUT2D eigenvalue weighted by Gasteiger charge is 2.38. The number of hydrogen-bond donors (Lipinski definition) is 2. The molecule has 2 rings (SSSR count). The minimum atomic E-state index is -0.527. The summed E-state index contributed by atoms with van der Waals surface area (Å²) in [5, 5.41) is 3.56. The summed E-state index contributed by atoms with van der Waals surface area (Å²) in [7, 11) is 0. The van der Waals surface area contributed by atoms with Gasteiger partial charge in [0.2, 0.25) is 0 Å². The zero-order valence-corrected chi connectivity index (χ0v) is 12.4. The third-order valence-corrected chi connectivity index (χ3v) is 4.35. The molecule has 0 radical (unpaired) electrons. The Bertz CT molecular complexity index is 524. The molecule has 0 unspecified atom stereocenters. The van der Waals surface area contributed by atoms with Gasteiger partial charge in [0.05, 0.1) is 10.5 Å². The van der Waals surface area contributed by atoms with Crippen LogP contribution in [0.15, 0.2) is 18.2 Å². The van der Waals surface area contributed by atoms with Crippen LogP contribution in [0.2, 0.25) is 5.02 Å².